The molecule has 192 valence electrons. The molecule has 1 aromatic carbocycles. The number of hydrogen-bond acceptors (Lipinski definition) is 10. The average molecular weight is 521 g/mol. The number of nitrogens with zero attached hydrogens (tertiary/aromatic N) is 6. The Balaban J connectivity index is 1.23. The van der Waals surface area contributed by atoms with Crippen molar-refractivity contribution < 1.29 is 17.9 Å². The monoisotopic (exact) mass is 520 g/mol. The van der Waals surface area contributed by atoms with E-state index in [2.05, 4.69) is 29.7 Å². The predicted molar refractivity (Wildman–Crippen MR) is 139 cm³/mol. The molecule has 1 N–H and O–H groups in total. The first-order valence-corrected chi connectivity index (χ1v) is 14.3. The van der Waals surface area contributed by atoms with Gasteiger partial charge >= 0.3 is 0 Å². The predicted octanol–water partition coefficient (Wildman–Crippen LogP) is 3.55. The maximum absolute atomic E-state index is 12.0. The molecule has 2 aliphatic heterocycles. The highest BCUT2D eigenvalue weighted by atomic mass is 32.2. The van der Waals surface area contributed by atoms with E-state index in [1.54, 1.807) is 44.0 Å². The number of aliphatic hydroxyl groups is 1. The molecule has 1 atom stereocenters. The van der Waals surface area contributed by atoms with Gasteiger partial charge in [0, 0.05) is 55.1 Å². The molecule has 37 heavy (non-hydrogen) atoms. The van der Waals surface area contributed by atoms with Crippen LogP contribution in [0.3, 0.4) is 0 Å². The minimum Gasteiger partial charge on any atom is -0.458 e. The minimum absolute atomic E-state index is 0.292. The molecule has 0 spiro atoms. The second-order valence-electron chi connectivity index (χ2n) is 9.78. The number of anilines is 3. The number of fused-ring (bicyclic) bond motifs is 2. The van der Waals surface area contributed by atoms with E-state index in [0.29, 0.717) is 40.3 Å². The lowest BCUT2D eigenvalue weighted by molar-refractivity contribution is 0.198. The van der Waals surface area contributed by atoms with Crippen LogP contribution in [0.2, 0.25) is 0 Å². The average Bonchev–Trinajstić information content (AvgIpc) is 3.52. The van der Waals surface area contributed by atoms with Crippen molar-refractivity contribution >= 4 is 38.4 Å². The maximum atomic E-state index is 12.0. The standard InChI is InChI=1S/C26H28N6O4S/c1-16(33)19-12-27-26(28-13-19)31-8-5-17(6-9-31)21-14-36-24-23(21)29-15-30-25(24)32-10-7-18-11-20(37(2,34)35)3-4-22(18)32/h3-4,11-17,33H,5-10H2,1-2H3. The van der Waals surface area contributed by atoms with Gasteiger partial charge in [0.25, 0.3) is 0 Å². The molecule has 1 unspecified atom stereocenters. The highest BCUT2D eigenvalue weighted by Crippen LogP contribution is 2.41. The smallest absolute Gasteiger partial charge is 0.225 e. The molecule has 4 aromatic rings. The Hall–Kier alpha value is -3.57. The van der Waals surface area contributed by atoms with Crippen LogP contribution >= 0.6 is 0 Å². The second kappa shape index (κ2) is 9.07. The quantitative estimate of drug-likeness (QED) is 0.417. The topological polar surface area (TPSA) is 126 Å². The van der Waals surface area contributed by atoms with E-state index in [1.807, 2.05) is 6.07 Å². The largest absolute Gasteiger partial charge is 0.458 e. The minimum atomic E-state index is -3.26. The summed E-state index contributed by atoms with van der Waals surface area (Å²) >= 11 is 0. The second-order valence-corrected chi connectivity index (χ2v) is 11.8. The van der Waals surface area contributed by atoms with E-state index < -0.39 is 15.9 Å². The Kier molecular flexibility index (Phi) is 5.84. The van der Waals surface area contributed by atoms with Gasteiger partial charge in [-0.2, -0.15) is 0 Å². The maximum Gasteiger partial charge on any atom is 0.225 e. The van der Waals surface area contributed by atoms with Crippen LogP contribution in [0.4, 0.5) is 17.5 Å². The molecule has 1 saturated heterocycles. The van der Waals surface area contributed by atoms with Gasteiger partial charge in [-0.25, -0.2) is 28.4 Å². The van der Waals surface area contributed by atoms with Crippen molar-refractivity contribution in [1.82, 2.24) is 19.9 Å². The Morgan fingerprint density at radius 2 is 1.84 bits per heavy atom. The molecule has 0 saturated carbocycles. The van der Waals surface area contributed by atoms with E-state index in [4.69, 9.17) is 4.42 Å². The Labute approximate surface area is 214 Å². The third kappa shape index (κ3) is 4.31. The molecular formula is C26H28N6O4S. The molecule has 10 nitrogen and oxygen atoms in total. The van der Waals surface area contributed by atoms with Crippen LogP contribution in [-0.2, 0) is 16.3 Å². The molecule has 1 fully saturated rings. The summed E-state index contributed by atoms with van der Waals surface area (Å²) in [7, 11) is -3.26. The molecule has 0 aliphatic carbocycles. The molecule has 3 aromatic heterocycles. The zero-order chi connectivity index (χ0) is 25.7. The van der Waals surface area contributed by atoms with Crippen LogP contribution < -0.4 is 9.80 Å². The fourth-order valence-corrected chi connectivity index (χ4v) is 5.94. The number of aliphatic hydroxyl groups excluding tert-OH is 1. The molecule has 2 aliphatic rings. The number of hydrogen-bond donors (Lipinski definition) is 1. The van der Waals surface area contributed by atoms with Crippen LogP contribution in [-0.4, -0.2) is 59.4 Å². The number of furan rings is 1. The number of sulfone groups is 1. The first-order chi connectivity index (χ1) is 17.8. The van der Waals surface area contributed by atoms with Crippen molar-refractivity contribution in [2.24, 2.45) is 0 Å². The molecule has 5 heterocycles. The van der Waals surface area contributed by atoms with Crippen LogP contribution in [0.25, 0.3) is 11.1 Å². The van der Waals surface area contributed by atoms with E-state index in [0.717, 1.165) is 54.7 Å². The highest BCUT2D eigenvalue weighted by Gasteiger charge is 2.29. The fraction of sp³-hybridized carbons (Fsp3) is 0.385. The first-order valence-electron chi connectivity index (χ1n) is 12.4. The van der Waals surface area contributed by atoms with Crippen molar-refractivity contribution in [3.8, 4) is 0 Å². The van der Waals surface area contributed by atoms with Crippen molar-refractivity contribution in [2.45, 2.75) is 43.1 Å². The van der Waals surface area contributed by atoms with Gasteiger partial charge in [-0.1, -0.05) is 0 Å². The number of aromatic nitrogens is 4. The third-order valence-electron chi connectivity index (χ3n) is 7.35. The van der Waals surface area contributed by atoms with Gasteiger partial charge in [0.2, 0.25) is 5.95 Å². The number of piperidine rings is 1. The third-order valence-corrected chi connectivity index (χ3v) is 8.46. The van der Waals surface area contributed by atoms with E-state index in [1.165, 1.54) is 6.26 Å². The molecule has 11 heteroatoms. The summed E-state index contributed by atoms with van der Waals surface area (Å²) in [6.45, 7) is 4.01. The molecule has 0 radical (unpaired) electrons. The van der Waals surface area contributed by atoms with Crippen molar-refractivity contribution in [2.75, 3.05) is 35.7 Å². The molecule has 0 amide bonds. The normalized spacial score (nSPS) is 17.4. The van der Waals surface area contributed by atoms with Gasteiger partial charge in [0.05, 0.1) is 17.3 Å². The van der Waals surface area contributed by atoms with E-state index in [9.17, 15) is 13.5 Å². The van der Waals surface area contributed by atoms with Crippen molar-refractivity contribution in [3.63, 3.8) is 0 Å². The lowest BCUT2D eigenvalue weighted by Gasteiger charge is -2.31. The van der Waals surface area contributed by atoms with E-state index >= 15 is 0 Å². The molecular weight excluding hydrogens is 492 g/mol. The number of benzene rings is 1. The van der Waals surface area contributed by atoms with Crippen LogP contribution in [0, 0.1) is 0 Å². The summed E-state index contributed by atoms with van der Waals surface area (Å²) in [4.78, 5) is 22.6. The molecule has 0 bridgehead atoms. The molecule has 6 rings (SSSR count). The zero-order valence-electron chi connectivity index (χ0n) is 20.7. The van der Waals surface area contributed by atoms with E-state index in [-0.39, 0.29) is 0 Å². The lowest BCUT2D eigenvalue weighted by atomic mass is 9.90. The fourth-order valence-electron chi connectivity index (χ4n) is 5.27. The van der Waals surface area contributed by atoms with Gasteiger partial charge in [0.1, 0.15) is 11.8 Å². The summed E-state index contributed by atoms with van der Waals surface area (Å²) in [5.41, 5.74) is 5.18. The van der Waals surface area contributed by atoms with Gasteiger partial charge < -0.3 is 19.3 Å². The first kappa shape index (κ1) is 23.8. The van der Waals surface area contributed by atoms with Crippen LogP contribution in [0.1, 0.15) is 48.5 Å². The van der Waals surface area contributed by atoms with Gasteiger partial charge in [-0.05, 0) is 55.9 Å². The van der Waals surface area contributed by atoms with Gasteiger partial charge in [-0.3, -0.25) is 0 Å². The summed E-state index contributed by atoms with van der Waals surface area (Å²) < 4.78 is 30.0. The van der Waals surface area contributed by atoms with Crippen LogP contribution in [0.5, 0.6) is 0 Å². The SMILES string of the molecule is CC(O)c1cnc(N2CCC(c3coc4c(N5CCc6cc(S(C)(=O)=O)ccc65)ncnc34)CC2)nc1. The zero-order valence-corrected chi connectivity index (χ0v) is 21.5. The summed E-state index contributed by atoms with van der Waals surface area (Å²) in [5, 5.41) is 9.69. The summed E-state index contributed by atoms with van der Waals surface area (Å²) in [6.07, 6.45) is 9.94. The Bertz CT molecular complexity index is 1560. The van der Waals surface area contributed by atoms with Gasteiger partial charge in [-0.15, -0.1) is 0 Å². The van der Waals surface area contributed by atoms with Crippen LogP contribution in [0.15, 0.2) is 52.5 Å². The number of rotatable bonds is 5. The van der Waals surface area contributed by atoms with Crippen molar-refractivity contribution in [1.29, 1.82) is 0 Å². The van der Waals surface area contributed by atoms with Gasteiger partial charge in [0.15, 0.2) is 21.2 Å². The van der Waals surface area contributed by atoms with Crippen molar-refractivity contribution in [3.05, 3.63) is 59.9 Å². The Morgan fingerprint density at radius 1 is 1.08 bits per heavy atom. The summed E-state index contributed by atoms with van der Waals surface area (Å²) in [5.74, 6) is 1.67. The highest BCUT2D eigenvalue weighted by molar-refractivity contribution is 7.90. The Morgan fingerprint density at radius 3 is 2.54 bits per heavy atom. The lowest BCUT2D eigenvalue weighted by Crippen LogP contribution is -2.34. The summed E-state index contributed by atoms with van der Waals surface area (Å²) in [6, 6.07) is 5.25.